The van der Waals surface area contributed by atoms with Gasteiger partial charge < -0.3 is 5.73 Å². The summed E-state index contributed by atoms with van der Waals surface area (Å²) in [6.45, 7) is 3.68. The highest BCUT2D eigenvalue weighted by Crippen LogP contribution is 2.40. The Balaban J connectivity index is 1.92. The van der Waals surface area contributed by atoms with E-state index in [2.05, 4.69) is 6.92 Å². The Hall–Kier alpha value is -0.130. The third-order valence-corrected chi connectivity index (χ3v) is 6.70. The van der Waals surface area contributed by atoms with Gasteiger partial charge in [-0.25, -0.2) is 12.7 Å². The number of hydrogen-bond donors (Lipinski definition) is 1. The first-order valence-corrected chi connectivity index (χ1v) is 9.87. The summed E-state index contributed by atoms with van der Waals surface area (Å²) in [5, 5.41) is 0. The minimum atomic E-state index is -3.04. The zero-order valence-electron chi connectivity index (χ0n) is 13.0. The summed E-state index contributed by atoms with van der Waals surface area (Å²) in [6.07, 6.45) is 10.8. The van der Waals surface area contributed by atoms with E-state index in [9.17, 15) is 8.42 Å². The molecule has 1 aliphatic carbocycles. The standard InChI is InChI=1S/C15H30N2O2S/c1-15(8-4-3-5-9-15)14(16)11-13-7-6-10-17(12-13)20(2,18)19/h13-14H,3-12,16H2,1-2H3. The third kappa shape index (κ3) is 3.95. The second-order valence-electron chi connectivity index (χ2n) is 7.19. The molecule has 118 valence electrons. The fraction of sp³-hybridized carbons (Fsp3) is 1.00. The summed E-state index contributed by atoms with van der Waals surface area (Å²) < 4.78 is 25.0. The molecule has 1 heterocycles. The summed E-state index contributed by atoms with van der Waals surface area (Å²) in [4.78, 5) is 0. The molecule has 0 radical (unpaired) electrons. The van der Waals surface area contributed by atoms with Crippen LogP contribution in [0.2, 0.25) is 0 Å². The summed E-state index contributed by atoms with van der Waals surface area (Å²) in [7, 11) is -3.04. The smallest absolute Gasteiger partial charge is 0.211 e. The lowest BCUT2D eigenvalue weighted by Gasteiger charge is -2.41. The maximum atomic E-state index is 11.7. The van der Waals surface area contributed by atoms with Crippen LogP contribution in [0.15, 0.2) is 0 Å². The van der Waals surface area contributed by atoms with Crippen LogP contribution < -0.4 is 5.73 Å². The highest BCUT2D eigenvalue weighted by Gasteiger charge is 2.36. The molecule has 5 heteroatoms. The van der Waals surface area contributed by atoms with Gasteiger partial charge in [0.05, 0.1) is 6.26 Å². The molecular formula is C15H30N2O2S. The van der Waals surface area contributed by atoms with Crippen molar-refractivity contribution in [3.63, 3.8) is 0 Å². The molecule has 0 aromatic carbocycles. The summed E-state index contributed by atoms with van der Waals surface area (Å²) in [5.74, 6) is 0.437. The van der Waals surface area contributed by atoms with E-state index in [1.54, 1.807) is 4.31 Å². The summed E-state index contributed by atoms with van der Waals surface area (Å²) in [5.41, 5.74) is 6.77. The second kappa shape index (κ2) is 6.32. The lowest BCUT2D eigenvalue weighted by molar-refractivity contribution is 0.135. The fourth-order valence-corrected chi connectivity index (χ4v) is 4.84. The number of sulfonamides is 1. The van der Waals surface area contributed by atoms with E-state index in [1.165, 1.54) is 38.4 Å². The minimum absolute atomic E-state index is 0.215. The maximum Gasteiger partial charge on any atom is 0.211 e. The van der Waals surface area contributed by atoms with Crippen LogP contribution in [0.1, 0.15) is 58.3 Å². The quantitative estimate of drug-likeness (QED) is 0.867. The lowest BCUT2D eigenvalue weighted by atomic mass is 9.68. The van der Waals surface area contributed by atoms with Crippen LogP contribution in [0.5, 0.6) is 0 Å². The number of piperidine rings is 1. The van der Waals surface area contributed by atoms with Crippen LogP contribution in [0.3, 0.4) is 0 Å². The van der Waals surface area contributed by atoms with Crippen molar-refractivity contribution in [2.24, 2.45) is 17.1 Å². The van der Waals surface area contributed by atoms with Gasteiger partial charge >= 0.3 is 0 Å². The molecular weight excluding hydrogens is 272 g/mol. The van der Waals surface area contributed by atoms with Gasteiger partial charge in [-0.1, -0.05) is 26.2 Å². The van der Waals surface area contributed by atoms with Gasteiger partial charge in [-0.2, -0.15) is 0 Å². The Labute approximate surface area is 124 Å². The van der Waals surface area contributed by atoms with E-state index < -0.39 is 10.0 Å². The molecule has 1 aliphatic heterocycles. The maximum absolute atomic E-state index is 11.7. The lowest BCUT2D eigenvalue weighted by Crippen LogP contribution is -2.46. The van der Waals surface area contributed by atoms with E-state index >= 15 is 0 Å². The molecule has 0 spiro atoms. The molecule has 1 saturated heterocycles. The van der Waals surface area contributed by atoms with E-state index in [-0.39, 0.29) is 11.5 Å². The molecule has 2 atom stereocenters. The summed E-state index contributed by atoms with van der Waals surface area (Å²) >= 11 is 0. The Kier molecular flexibility index (Phi) is 5.14. The van der Waals surface area contributed by atoms with Crippen LogP contribution in [0.4, 0.5) is 0 Å². The minimum Gasteiger partial charge on any atom is -0.327 e. The summed E-state index contributed by atoms with van der Waals surface area (Å²) in [6, 6.07) is 0.215. The third-order valence-electron chi connectivity index (χ3n) is 5.43. The molecule has 0 bridgehead atoms. The van der Waals surface area contributed by atoms with Crippen LogP contribution in [-0.4, -0.2) is 38.1 Å². The van der Waals surface area contributed by atoms with Crippen LogP contribution >= 0.6 is 0 Å². The number of hydrogen-bond acceptors (Lipinski definition) is 3. The Morgan fingerprint density at radius 2 is 1.90 bits per heavy atom. The second-order valence-corrected chi connectivity index (χ2v) is 9.17. The van der Waals surface area contributed by atoms with Gasteiger partial charge in [-0.3, -0.25) is 0 Å². The molecule has 2 fully saturated rings. The van der Waals surface area contributed by atoms with Gasteiger partial charge in [0.2, 0.25) is 10.0 Å². The van der Waals surface area contributed by atoms with Crippen molar-refractivity contribution in [1.82, 2.24) is 4.31 Å². The van der Waals surface area contributed by atoms with E-state index in [0.29, 0.717) is 19.0 Å². The average molecular weight is 302 g/mol. The van der Waals surface area contributed by atoms with Crippen molar-refractivity contribution in [1.29, 1.82) is 0 Å². The Morgan fingerprint density at radius 1 is 1.25 bits per heavy atom. The van der Waals surface area contributed by atoms with Gasteiger partial charge in [0.1, 0.15) is 0 Å². The normalized spacial score (nSPS) is 30.1. The number of nitrogens with two attached hydrogens (primary N) is 1. The van der Waals surface area contributed by atoms with Crippen LogP contribution in [-0.2, 0) is 10.0 Å². The Bertz CT molecular complexity index is 416. The zero-order chi connectivity index (χ0) is 14.8. The predicted molar refractivity (Wildman–Crippen MR) is 82.9 cm³/mol. The van der Waals surface area contributed by atoms with Crippen molar-refractivity contribution >= 4 is 10.0 Å². The highest BCUT2D eigenvalue weighted by molar-refractivity contribution is 7.88. The van der Waals surface area contributed by atoms with Gasteiger partial charge in [0, 0.05) is 19.1 Å². The number of rotatable bonds is 4. The molecule has 2 unspecified atom stereocenters. The first-order valence-electron chi connectivity index (χ1n) is 8.02. The molecule has 1 saturated carbocycles. The molecule has 20 heavy (non-hydrogen) atoms. The number of nitrogens with zero attached hydrogens (tertiary/aromatic N) is 1. The van der Waals surface area contributed by atoms with Crippen molar-refractivity contribution in [3.8, 4) is 0 Å². The van der Waals surface area contributed by atoms with Crippen LogP contribution in [0, 0.1) is 11.3 Å². The van der Waals surface area contributed by atoms with Crippen molar-refractivity contribution in [3.05, 3.63) is 0 Å². The van der Waals surface area contributed by atoms with Gasteiger partial charge in [0.15, 0.2) is 0 Å². The van der Waals surface area contributed by atoms with E-state index in [0.717, 1.165) is 19.3 Å². The molecule has 2 aliphatic rings. The molecule has 2 rings (SSSR count). The largest absolute Gasteiger partial charge is 0.327 e. The monoisotopic (exact) mass is 302 g/mol. The average Bonchev–Trinajstić information content (AvgIpc) is 2.39. The highest BCUT2D eigenvalue weighted by atomic mass is 32.2. The first-order chi connectivity index (χ1) is 9.31. The SMILES string of the molecule is CC1(C(N)CC2CCCN(S(C)(=O)=O)C2)CCCCC1. The first kappa shape index (κ1) is 16.2. The van der Waals surface area contributed by atoms with Gasteiger partial charge in [-0.15, -0.1) is 0 Å². The van der Waals surface area contributed by atoms with Gasteiger partial charge in [-0.05, 0) is 43.4 Å². The van der Waals surface area contributed by atoms with Crippen molar-refractivity contribution < 1.29 is 8.42 Å². The molecule has 4 nitrogen and oxygen atoms in total. The zero-order valence-corrected chi connectivity index (χ0v) is 13.8. The topological polar surface area (TPSA) is 63.4 Å². The fourth-order valence-electron chi connectivity index (χ4n) is 3.89. The molecule has 0 aromatic heterocycles. The Morgan fingerprint density at radius 3 is 2.50 bits per heavy atom. The molecule has 2 N–H and O–H groups in total. The van der Waals surface area contributed by atoms with E-state index in [1.807, 2.05) is 0 Å². The van der Waals surface area contributed by atoms with Gasteiger partial charge in [0.25, 0.3) is 0 Å². The molecule has 0 amide bonds. The van der Waals surface area contributed by atoms with Crippen LogP contribution in [0.25, 0.3) is 0 Å². The van der Waals surface area contributed by atoms with Crippen molar-refractivity contribution in [2.75, 3.05) is 19.3 Å². The van der Waals surface area contributed by atoms with Crippen molar-refractivity contribution in [2.45, 2.75) is 64.3 Å². The predicted octanol–water partition coefficient (Wildman–Crippen LogP) is 2.35. The molecule has 0 aromatic rings. The van der Waals surface area contributed by atoms with E-state index in [4.69, 9.17) is 5.73 Å².